The maximum atomic E-state index is 11.4. The molecule has 0 bridgehead atoms. The van der Waals surface area contributed by atoms with E-state index in [2.05, 4.69) is 9.72 Å². The van der Waals surface area contributed by atoms with Crippen molar-refractivity contribution < 1.29 is 9.53 Å². The number of ether oxygens (including phenoxy) is 1. The maximum Gasteiger partial charge on any atom is 0.337 e. The molecule has 1 aromatic heterocycles. The zero-order valence-electron chi connectivity index (χ0n) is 9.36. The molecule has 0 saturated heterocycles. The minimum absolute atomic E-state index is 0.379. The minimum Gasteiger partial charge on any atom is -0.465 e. The number of hydrogen-bond donors (Lipinski definition) is 0. The average molecular weight is 268 g/mol. The van der Waals surface area contributed by atoms with Gasteiger partial charge in [-0.15, -0.1) is 11.3 Å². The van der Waals surface area contributed by atoms with Crippen molar-refractivity contribution in [1.29, 1.82) is 0 Å². The second-order valence-corrected chi connectivity index (χ2v) is 4.75. The van der Waals surface area contributed by atoms with E-state index < -0.39 is 0 Å². The Morgan fingerprint density at radius 2 is 2.24 bits per heavy atom. The Kier molecular flexibility index (Phi) is 3.45. The molecule has 0 unspecified atom stereocenters. The van der Waals surface area contributed by atoms with Crippen LogP contribution in [0.4, 0.5) is 0 Å². The van der Waals surface area contributed by atoms with Crippen molar-refractivity contribution in [2.24, 2.45) is 0 Å². The fraction of sp³-hybridized carbons (Fsp3) is 0.167. The molecule has 5 heteroatoms. The topological polar surface area (TPSA) is 39.2 Å². The van der Waals surface area contributed by atoms with Crippen LogP contribution in [0.3, 0.4) is 0 Å². The van der Waals surface area contributed by atoms with Crippen LogP contribution >= 0.6 is 22.9 Å². The number of hydrogen-bond acceptors (Lipinski definition) is 4. The third-order valence-electron chi connectivity index (χ3n) is 2.24. The Bertz CT molecular complexity index is 565. The monoisotopic (exact) mass is 267 g/mol. The molecule has 0 radical (unpaired) electrons. The summed E-state index contributed by atoms with van der Waals surface area (Å²) in [6.45, 7) is 1.91. The van der Waals surface area contributed by atoms with Crippen molar-refractivity contribution in [2.75, 3.05) is 7.11 Å². The second kappa shape index (κ2) is 4.85. The van der Waals surface area contributed by atoms with Gasteiger partial charge in [-0.05, 0) is 25.1 Å². The molecule has 0 aliphatic carbocycles. The number of thiazole rings is 1. The van der Waals surface area contributed by atoms with Gasteiger partial charge >= 0.3 is 5.97 Å². The second-order valence-electron chi connectivity index (χ2n) is 3.48. The van der Waals surface area contributed by atoms with E-state index in [4.69, 9.17) is 11.6 Å². The average Bonchev–Trinajstić information content (AvgIpc) is 2.75. The number of rotatable bonds is 2. The maximum absolute atomic E-state index is 11.4. The van der Waals surface area contributed by atoms with E-state index in [1.54, 1.807) is 18.2 Å². The molecule has 0 saturated carbocycles. The van der Waals surface area contributed by atoms with Gasteiger partial charge in [0.15, 0.2) is 0 Å². The highest BCUT2D eigenvalue weighted by molar-refractivity contribution is 7.13. The highest BCUT2D eigenvalue weighted by Crippen LogP contribution is 2.31. The van der Waals surface area contributed by atoms with Crippen LogP contribution in [0.25, 0.3) is 10.6 Å². The van der Waals surface area contributed by atoms with E-state index in [1.807, 2.05) is 12.3 Å². The fourth-order valence-electron chi connectivity index (χ4n) is 1.41. The summed E-state index contributed by atoms with van der Waals surface area (Å²) in [6.07, 6.45) is 0. The summed E-state index contributed by atoms with van der Waals surface area (Å²) in [5.74, 6) is -0.379. The zero-order valence-corrected chi connectivity index (χ0v) is 10.9. The van der Waals surface area contributed by atoms with E-state index in [9.17, 15) is 4.79 Å². The van der Waals surface area contributed by atoms with Gasteiger partial charge in [-0.25, -0.2) is 9.78 Å². The molecule has 1 heterocycles. The molecule has 88 valence electrons. The van der Waals surface area contributed by atoms with E-state index in [1.165, 1.54) is 18.4 Å². The van der Waals surface area contributed by atoms with Crippen molar-refractivity contribution in [3.63, 3.8) is 0 Å². The number of halogens is 1. The van der Waals surface area contributed by atoms with Gasteiger partial charge in [-0.3, -0.25) is 0 Å². The first kappa shape index (κ1) is 12.1. The van der Waals surface area contributed by atoms with Crippen molar-refractivity contribution in [2.45, 2.75) is 6.92 Å². The van der Waals surface area contributed by atoms with Gasteiger partial charge in [-0.1, -0.05) is 11.6 Å². The van der Waals surface area contributed by atoms with Gasteiger partial charge in [0.1, 0.15) is 5.01 Å². The molecule has 2 rings (SSSR count). The third-order valence-corrected chi connectivity index (χ3v) is 3.56. The largest absolute Gasteiger partial charge is 0.465 e. The molecule has 17 heavy (non-hydrogen) atoms. The SMILES string of the molecule is COC(=O)c1ccc(Cl)c(-c2nc(C)cs2)c1. The lowest BCUT2D eigenvalue weighted by molar-refractivity contribution is 0.0601. The number of carbonyl (C=O) groups is 1. The van der Waals surface area contributed by atoms with E-state index in [0.29, 0.717) is 10.6 Å². The standard InChI is InChI=1S/C12H10ClNO2S/c1-7-6-17-11(14-7)9-5-8(12(15)16-2)3-4-10(9)13/h3-6H,1-2H3. The Morgan fingerprint density at radius 3 is 2.82 bits per heavy atom. The number of carbonyl (C=O) groups excluding carboxylic acids is 1. The Labute approximate surface area is 108 Å². The first-order chi connectivity index (χ1) is 8.11. The molecule has 0 N–H and O–H groups in total. The Balaban J connectivity index is 2.49. The first-order valence-corrected chi connectivity index (χ1v) is 6.18. The van der Waals surface area contributed by atoms with Gasteiger partial charge in [0, 0.05) is 16.6 Å². The van der Waals surface area contributed by atoms with E-state index >= 15 is 0 Å². The molecule has 0 amide bonds. The predicted molar refractivity (Wildman–Crippen MR) is 68.6 cm³/mol. The molecule has 2 aromatic rings. The molecular formula is C12H10ClNO2S. The van der Waals surface area contributed by atoms with Gasteiger partial charge in [0.2, 0.25) is 0 Å². The van der Waals surface area contributed by atoms with Crippen LogP contribution in [0.1, 0.15) is 16.1 Å². The summed E-state index contributed by atoms with van der Waals surface area (Å²) < 4.78 is 4.67. The van der Waals surface area contributed by atoms with Gasteiger partial charge in [0.05, 0.1) is 17.7 Å². The molecule has 1 aromatic carbocycles. The molecular weight excluding hydrogens is 258 g/mol. The van der Waals surface area contributed by atoms with Crippen LogP contribution in [-0.4, -0.2) is 18.1 Å². The van der Waals surface area contributed by atoms with Gasteiger partial charge in [-0.2, -0.15) is 0 Å². The summed E-state index contributed by atoms with van der Waals surface area (Å²) in [5, 5.41) is 3.32. The quantitative estimate of drug-likeness (QED) is 0.781. The summed E-state index contributed by atoms with van der Waals surface area (Å²) in [6, 6.07) is 5.02. The van der Waals surface area contributed by atoms with Crippen molar-refractivity contribution >= 4 is 28.9 Å². The van der Waals surface area contributed by atoms with Crippen molar-refractivity contribution in [3.05, 3.63) is 39.9 Å². The molecule has 3 nitrogen and oxygen atoms in total. The van der Waals surface area contributed by atoms with Gasteiger partial charge < -0.3 is 4.74 Å². The fourth-order valence-corrected chi connectivity index (χ4v) is 2.50. The Hall–Kier alpha value is -1.39. The highest BCUT2D eigenvalue weighted by Gasteiger charge is 2.12. The van der Waals surface area contributed by atoms with Gasteiger partial charge in [0.25, 0.3) is 0 Å². The van der Waals surface area contributed by atoms with Crippen LogP contribution in [0.2, 0.25) is 5.02 Å². The van der Waals surface area contributed by atoms with Crippen molar-refractivity contribution in [3.8, 4) is 10.6 Å². The van der Waals surface area contributed by atoms with Crippen LogP contribution in [-0.2, 0) is 4.74 Å². The molecule has 0 fully saturated rings. The smallest absolute Gasteiger partial charge is 0.337 e. The van der Waals surface area contributed by atoms with Crippen molar-refractivity contribution in [1.82, 2.24) is 4.98 Å². The number of methoxy groups -OCH3 is 1. The van der Waals surface area contributed by atoms with Crippen LogP contribution in [0.5, 0.6) is 0 Å². The summed E-state index contributed by atoms with van der Waals surface area (Å²) >= 11 is 7.60. The summed E-state index contributed by atoms with van der Waals surface area (Å²) in [5.41, 5.74) is 2.16. The number of aromatic nitrogens is 1. The zero-order chi connectivity index (χ0) is 12.4. The third kappa shape index (κ3) is 2.48. The molecule has 0 aliphatic heterocycles. The predicted octanol–water partition coefficient (Wildman–Crippen LogP) is 3.56. The lowest BCUT2D eigenvalue weighted by Crippen LogP contribution is -2.01. The number of esters is 1. The van der Waals surface area contributed by atoms with E-state index in [-0.39, 0.29) is 5.97 Å². The normalized spacial score (nSPS) is 10.3. The summed E-state index contributed by atoms with van der Waals surface area (Å²) in [7, 11) is 1.35. The number of benzene rings is 1. The van der Waals surface area contributed by atoms with Crippen LogP contribution in [0, 0.1) is 6.92 Å². The number of aryl methyl sites for hydroxylation is 1. The lowest BCUT2D eigenvalue weighted by Gasteiger charge is -2.03. The van der Waals surface area contributed by atoms with Crippen LogP contribution in [0.15, 0.2) is 23.6 Å². The first-order valence-electron chi connectivity index (χ1n) is 4.92. The van der Waals surface area contributed by atoms with Crippen LogP contribution < -0.4 is 0 Å². The molecule has 0 aliphatic rings. The highest BCUT2D eigenvalue weighted by atomic mass is 35.5. The minimum atomic E-state index is -0.379. The molecule has 0 spiro atoms. The number of nitrogens with zero attached hydrogens (tertiary/aromatic N) is 1. The lowest BCUT2D eigenvalue weighted by atomic mass is 10.1. The molecule has 0 atom stereocenters. The Morgan fingerprint density at radius 1 is 1.47 bits per heavy atom. The summed E-state index contributed by atoms with van der Waals surface area (Å²) in [4.78, 5) is 15.8. The van der Waals surface area contributed by atoms with E-state index in [0.717, 1.165) is 16.3 Å².